The van der Waals surface area contributed by atoms with Gasteiger partial charge in [0.15, 0.2) is 16.6 Å². The number of hydrogen-bond donors (Lipinski definition) is 3. The van der Waals surface area contributed by atoms with Crippen LogP contribution < -0.4 is 20.1 Å². The lowest BCUT2D eigenvalue weighted by atomic mass is 10.2. The van der Waals surface area contributed by atoms with Crippen molar-refractivity contribution in [3.8, 4) is 11.5 Å². The van der Waals surface area contributed by atoms with E-state index in [2.05, 4.69) is 15.6 Å². The molecule has 158 valence electrons. The molecule has 0 fully saturated rings. The molecule has 0 saturated heterocycles. The third-order valence-electron chi connectivity index (χ3n) is 3.94. The average molecular weight is 470 g/mol. The summed E-state index contributed by atoms with van der Waals surface area (Å²) in [5, 5.41) is 4.91. The van der Waals surface area contributed by atoms with Crippen molar-refractivity contribution in [3.05, 3.63) is 46.5 Å². The van der Waals surface area contributed by atoms with Crippen molar-refractivity contribution in [1.29, 1.82) is 0 Å². The zero-order valence-electron chi connectivity index (χ0n) is 15.7. The lowest BCUT2D eigenvalue weighted by molar-refractivity contribution is 0.0967. The van der Waals surface area contributed by atoms with Crippen LogP contribution in [0.3, 0.4) is 0 Å². The van der Waals surface area contributed by atoms with Crippen molar-refractivity contribution >= 4 is 60.9 Å². The van der Waals surface area contributed by atoms with Crippen molar-refractivity contribution < 1.29 is 27.5 Å². The Morgan fingerprint density at radius 2 is 1.93 bits per heavy atom. The molecule has 0 unspecified atom stereocenters. The fourth-order valence-electron chi connectivity index (χ4n) is 2.63. The second kappa shape index (κ2) is 9.28. The quantitative estimate of drug-likeness (QED) is 0.474. The molecule has 1 aromatic heterocycles. The number of nitrogens with one attached hydrogen (secondary N) is 2. The summed E-state index contributed by atoms with van der Waals surface area (Å²) in [7, 11) is 0.273. The molecule has 3 rings (SSSR count). The number of amides is 3. The standard InChI is InChI=1S/C18H16ClN3O6S2/c1-27-12-6-4-10(14(19)15(12)28-2)16(23)21-17(24)22-18-20-11-5-3-9(8-30(25)26)7-13(11)29-18/h3-7,30H,8H2,1-2H3,(H2,20,21,22,23,24). The van der Waals surface area contributed by atoms with E-state index in [0.29, 0.717) is 21.5 Å². The SMILES string of the molecule is COc1ccc(C(=O)NC(=O)Nc2nc3ccc(C[SH](=O)=O)cc3s2)c(Cl)c1OC. The molecule has 0 radical (unpaired) electrons. The molecule has 9 nitrogen and oxygen atoms in total. The zero-order valence-corrected chi connectivity index (χ0v) is 18.2. The molecule has 0 bridgehead atoms. The van der Waals surface area contributed by atoms with Crippen LogP contribution in [0, 0.1) is 0 Å². The monoisotopic (exact) mass is 469 g/mol. The summed E-state index contributed by atoms with van der Waals surface area (Å²) in [6.07, 6.45) is 0. The number of methoxy groups -OCH3 is 2. The maximum atomic E-state index is 12.4. The fourth-order valence-corrected chi connectivity index (χ4v) is 4.37. The Morgan fingerprint density at radius 3 is 2.60 bits per heavy atom. The molecule has 12 heteroatoms. The number of hydrogen-bond acceptors (Lipinski definition) is 8. The average Bonchev–Trinajstić information content (AvgIpc) is 3.08. The lowest BCUT2D eigenvalue weighted by Gasteiger charge is -2.12. The molecular weight excluding hydrogens is 454 g/mol. The van der Waals surface area contributed by atoms with Crippen LogP contribution in [0.4, 0.5) is 9.93 Å². The molecule has 0 saturated carbocycles. The Bertz CT molecular complexity index is 1200. The molecule has 2 aromatic carbocycles. The van der Waals surface area contributed by atoms with Crippen molar-refractivity contribution in [2.24, 2.45) is 0 Å². The normalized spacial score (nSPS) is 10.8. The Labute approximate surface area is 181 Å². The Hall–Kier alpha value is -2.89. The molecule has 3 amide bonds. The number of thiazole rings is 1. The van der Waals surface area contributed by atoms with Crippen molar-refractivity contribution in [2.45, 2.75) is 5.75 Å². The molecule has 2 N–H and O–H groups in total. The summed E-state index contributed by atoms with van der Waals surface area (Å²) < 4.78 is 32.7. The highest BCUT2D eigenvalue weighted by Gasteiger charge is 2.20. The summed E-state index contributed by atoms with van der Waals surface area (Å²) in [5.74, 6) is -0.290. The largest absolute Gasteiger partial charge is 0.493 e. The number of thiol groups is 1. The number of nitrogens with zero attached hydrogens (tertiary/aromatic N) is 1. The first-order valence-corrected chi connectivity index (χ1v) is 10.9. The van der Waals surface area contributed by atoms with Gasteiger partial charge in [0.25, 0.3) is 5.91 Å². The summed E-state index contributed by atoms with van der Waals surface area (Å²) in [6.45, 7) is 0. The van der Waals surface area contributed by atoms with Crippen LogP contribution in [0.1, 0.15) is 15.9 Å². The van der Waals surface area contributed by atoms with Gasteiger partial charge in [0.2, 0.25) is 0 Å². The zero-order chi connectivity index (χ0) is 21.8. The Kier molecular flexibility index (Phi) is 6.75. The first kappa shape index (κ1) is 21.8. The molecule has 0 aliphatic heterocycles. The maximum absolute atomic E-state index is 12.4. The van der Waals surface area contributed by atoms with Crippen LogP contribution in [0.25, 0.3) is 10.2 Å². The predicted molar refractivity (Wildman–Crippen MR) is 115 cm³/mol. The van der Waals surface area contributed by atoms with Gasteiger partial charge in [-0.2, -0.15) is 0 Å². The lowest BCUT2D eigenvalue weighted by Crippen LogP contribution is -2.34. The third kappa shape index (κ3) is 4.81. The van der Waals surface area contributed by atoms with E-state index in [1.165, 1.54) is 26.4 Å². The first-order valence-electron chi connectivity index (χ1n) is 8.36. The van der Waals surface area contributed by atoms with Crippen LogP contribution in [0.5, 0.6) is 11.5 Å². The second-order valence-corrected chi connectivity index (χ2v) is 8.27. The van der Waals surface area contributed by atoms with Crippen LogP contribution in [-0.2, 0) is 16.5 Å². The van der Waals surface area contributed by atoms with Gasteiger partial charge in [-0.1, -0.05) is 29.0 Å². The number of halogens is 1. The van der Waals surface area contributed by atoms with Gasteiger partial charge in [-0.15, -0.1) is 0 Å². The highest BCUT2D eigenvalue weighted by molar-refractivity contribution is 7.71. The molecular formula is C18H16ClN3O6S2. The number of benzene rings is 2. The number of urea groups is 1. The van der Waals surface area contributed by atoms with Crippen molar-refractivity contribution in [1.82, 2.24) is 10.3 Å². The van der Waals surface area contributed by atoms with Crippen LogP contribution in [0.15, 0.2) is 30.3 Å². The van der Waals surface area contributed by atoms with Crippen LogP contribution in [-0.4, -0.2) is 39.6 Å². The van der Waals surface area contributed by atoms with Crippen molar-refractivity contribution in [2.75, 3.05) is 19.5 Å². The second-order valence-electron chi connectivity index (χ2n) is 5.88. The number of anilines is 1. The minimum absolute atomic E-state index is 0.00590. The van der Waals surface area contributed by atoms with E-state index in [1.807, 2.05) is 0 Å². The van der Waals surface area contributed by atoms with E-state index in [9.17, 15) is 18.0 Å². The van der Waals surface area contributed by atoms with E-state index in [4.69, 9.17) is 21.1 Å². The summed E-state index contributed by atoms with van der Waals surface area (Å²) in [4.78, 5) is 28.9. The van der Waals surface area contributed by atoms with E-state index in [0.717, 1.165) is 11.3 Å². The molecule has 3 aromatic rings. The number of carbonyl (C=O) groups excluding carboxylic acids is 2. The molecule has 30 heavy (non-hydrogen) atoms. The van der Waals surface area contributed by atoms with Gasteiger partial charge in [-0.25, -0.2) is 18.2 Å². The first-order chi connectivity index (χ1) is 14.3. The predicted octanol–water partition coefficient (Wildman–Crippen LogP) is 3.04. The minimum Gasteiger partial charge on any atom is -0.493 e. The molecule has 0 atom stereocenters. The molecule has 0 aliphatic rings. The number of imide groups is 1. The van der Waals surface area contributed by atoms with E-state index >= 15 is 0 Å². The van der Waals surface area contributed by atoms with E-state index < -0.39 is 22.6 Å². The molecule has 1 heterocycles. The van der Waals surface area contributed by atoms with Gasteiger partial charge in [0, 0.05) is 0 Å². The highest BCUT2D eigenvalue weighted by atomic mass is 35.5. The summed E-state index contributed by atoms with van der Waals surface area (Å²) >= 11 is 7.33. The van der Waals surface area contributed by atoms with Gasteiger partial charge in [-0.05, 0) is 29.8 Å². The number of carbonyl (C=O) groups is 2. The smallest absolute Gasteiger partial charge is 0.327 e. The van der Waals surface area contributed by atoms with Crippen LogP contribution >= 0.6 is 22.9 Å². The third-order valence-corrected chi connectivity index (χ3v) is 5.87. The van der Waals surface area contributed by atoms with Crippen LogP contribution in [0.2, 0.25) is 5.02 Å². The van der Waals surface area contributed by atoms with E-state index in [1.54, 1.807) is 18.2 Å². The Morgan fingerprint density at radius 1 is 1.17 bits per heavy atom. The Balaban J connectivity index is 1.73. The van der Waals surface area contributed by atoms with Gasteiger partial charge < -0.3 is 9.47 Å². The van der Waals surface area contributed by atoms with Crippen molar-refractivity contribution in [3.63, 3.8) is 0 Å². The maximum Gasteiger partial charge on any atom is 0.327 e. The van der Waals surface area contributed by atoms with Gasteiger partial charge >= 0.3 is 6.03 Å². The summed E-state index contributed by atoms with van der Waals surface area (Å²) in [5.41, 5.74) is 1.25. The van der Waals surface area contributed by atoms with Gasteiger partial charge in [0.1, 0.15) is 10.7 Å². The number of ether oxygens (including phenoxy) is 2. The minimum atomic E-state index is -2.54. The van der Waals surface area contributed by atoms with Gasteiger partial charge in [-0.3, -0.25) is 15.4 Å². The van der Waals surface area contributed by atoms with Gasteiger partial charge in [0.05, 0.1) is 40.8 Å². The number of rotatable bonds is 6. The number of aromatic nitrogens is 1. The highest BCUT2D eigenvalue weighted by Crippen LogP contribution is 2.37. The fraction of sp³-hybridized carbons (Fsp3) is 0.167. The summed E-state index contributed by atoms with van der Waals surface area (Å²) in [6, 6.07) is 7.12. The van der Waals surface area contributed by atoms with E-state index in [-0.39, 0.29) is 27.2 Å². The number of fused-ring (bicyclic) bond motifs is 1. The molecule has 0 spiro atoms. The molecule has 0 aliphatic carbocycles. The topological polar surface area (TPSA) is 124 Å².